The maximum atomic E-state index is 4.13. The van der Waals surface area contributed by atoms with E-state index in [2.05, 4.69) is 29.1 Å². The van der Waals surface area contributed by atoms with Crippen LogP contribution in [-0.4, -0.2) is 38.0 Å². The molecule has 0 amide bonds. The predicted octanol–water partition coefficient (Wildman–Crippen LogP) is 0.923. The molecule has 0 aliphatic heterocycles. The van der Waals surface area contributed by atoms with Crippen molar-refractivity contribution < 1.29 is 0 Å². The summed E-state index contributed by atoms with van der Waals surface area (Å²) in [5, 5.41) is 3.06. The van der Waals surface area contributed by atoms with Crippen molar-refractivity contribution in [3.8, 4) is 0 Å². The minimum Gasteiger partial charge on any atom is -0.359 e. The molecule has 0 fully saturated rings. The zero-order valence-corrected chi connectivity index (χ0v) is 8.02. The van der Waals surface area contributed by atoms with Gasteiger partial charge in [0.15, 0.2) is 5.96 Å². The second kappa shape index (κ2) is 6.01. The van der Waals surface area contributed by atoms with Crippen molar-refractivity contribution >= 4 is 5.96 Å². The Labute approximate surface area is 69.5 Å². The van der Waals surface area contributed by atoms with E-state index in [0.717, 1.165) is 25.5 Å². The lowest BCUT2D eigenvalue weighted by Gasteiger charge is -2.22. The molecular formula is C8H19N3. The Morgan fingerprint density at radius 3 is 2.36 bits per heavy atom. The highest BCUT2D eigenvalue weighted by Gasteiger charge is 2.03. The van der Waals surface area contributed by atoms with E-state index in [4.69, 9.17) is 0 Å². The van der Waals surface area contributed by atoms with E-state index in [9.17, 15) is 0 Å². The first-order valence-electron chi connectivity index (χ1n) is 4.19. The molecule has 0 bridgehead atoms. The number of nitrogens with one attached hydrogen (secondary N) is 1. The fourth-order valence-corrected chi connectivity index (χ4v) is 1.10. The third kappa shape index (κ3) is 3.25. The summed E-state index contributed by atoms with van der Waals surface area (Å²) in [4.78, 5) is 6.35. The molecule has 3 heteroatoms. The summed E-state index contributed by atoms with van der Waals surface area (Å²) in [5.74, 6) is 0.981. The van der Waals surface area contributed by atoms with E-state index in [-0.39, 0.29) is 0 Å². The van der Waals surface area contributed by atoms with Gasteiger partial charge in [0.25, 0.3) is 0 Å². The van der Waals surface area contributed by atoms with Crippen LogP contribution >= 0.6 is 0 Å². The Balaban J connectivity index is 3.99. The zero-order valence-electron chi connectivity index (χ0n) is 8.02. The van der Waals surface area contributed by atoms with Crippen molar-refractivity contribution in [3.05, 3.63) is 0 Å². The van der Waals surface area contributed by atoms with Gasteiger partial charge in [0.05, 0.1) is 0 Å². The number of aliphatic imine (C=N–C) groups is 1. The summed E-state index contributed by atoms with van der Waals surface area (Å²) in [6, 6.07) is 0. The average Bonchev–Trinajstić information content (AvgIpc) is 2.05. The third-order valence-corrected chi connectivity index (χ3v) is 1.61. The molecule has 3 nitrogen and oxygen atoms in total. The Morgan fingerprint density at radius 1 is 1.45 bits per heavy atom. The van der Waals surface area contributed by atoms with Crippen LogP contribution in [0.15, 0.2) is 4.99 Å². The molecule has 0 radical (unpaired) electrons. The zero-order chi connectivity index (χ0) is 8.69. The van der Waals surface area contributed by atoms with E-state index in [1.54, 1.807) is 0 Å². The van der Waals surface area contributed by atoms with E-state index < -0.39 is 0 Å². The molecule has 0 saturated heterocycles. The highest BCUT2D eigenvalue weighted by molar-refractivity contribution is 5.79. The van der Waals surface area contributed by atoms with Crippen LogP contribution in [0.4, 0.5) is 0 Å². The van der Waals surface area contributed by atoms with Gasteiger partial charge < -0.3 is 10.2 Å². The maximum absolute atomic E-state index is 4.13. The fourth-order valence-electron chi connectivity index (χ4n) is 1.10. The molecular weight excluding hydrogens is 138 g/mol. The summed E-state index contributed by atoms with van der Waals surface area (Å²) in [7, 11) is 3.71. The molecule has 0 aromatic heterocycles. The average molecular weight is 157 g/mol. The highest BCUT2D eigenvalue weighted by Crippen LogP contribution is 1.90. The summed E-state index contributed by atoms with van der Waals surface area (Å²) >= 11 is 0. The van der Waals surface area contributed by atoms with Gasteiger partial charge in [0.1, 0.15) is 0 Å². The van der Waals surface area contributed by atoms with Crippen molar-refractivity contribution in [1.82, 2.24) is 10.2 Å². The summed E-state index contributed by atoms with van der Waals surface area (Å²) in [6.45, 7) is 6.40. The van der Waals surface area contributed by atoms with Crippen molar-refractivity contribution in [3.63, 3.8) is 0 Å². The maximum Gasteiger partial charge on any atom is 0.193 e. The van der Waals surface area contributed by atoms with Crippen LogP contribution in [0, 0.1) is 0 Å². The van der Waals surface area contributed by atoms with Crippen LogP contribution in [0.5, 0.6) is 0 Å². The molecule has 0 heterocycles. The molecule has 0 saturated carbocycles. The standard InChI is InChI=1S/C8H19N3/c1-5-7-11(6-2)8(9-3)10-4/h5-7H2,1-4H3,(H,9,10). The minimum absolute atomic E-state index is 0.981. The first-order chi connectivity index (χ1) is 5.29. The number of hydrogen-bond acceptors (Lipinski definition) is 1. The van der Waals surface area contributed by atoms with Crippen molar-refractivity contribution in [2.75, 3.05) is 27.2 Å². The monoisotopic (exact) mass is 157 g/mol. The molecule has 0 aromatic rings. The molecule has 1 N–H and O–H groups in total. The molecule has 0 aromatic carbocycles. The second-order valence-corrected chi connectivity index (χ2v) is 2.38. The highest BCUT2D eigenvalue weighted by atomic mass is 15.3. The van der Waals surface area contributed by atoms with Crippen LogP contribution in [0.2, 0.25) is 0 Å². The number of hydrogen-bond donors (Lipinski definition) is 1. The van der Waals surface area contributed by atoms with Gasteiger partial charge in [-0.25, -0.2) is 0 Å². The minimum atomic E-state index is 0.981. The molecule has 0 aliphatic carbocycles. The van der Waals surface area contributed by atoms with E-state index in [1.807, 2.05) is 14.1 Å². The molecule has 0 rings (SSSR count). The van der Waals surface area contributed by atoms with Gasteiger partial charge in [-0.05, 0) is 13.3 Å². The van der Waals surface area contributed by atoms with Crippen molar-refractivity contribution in [2.24, 2.45) is 4.99 Å². The fraction of sp³-hybridized carbons (Fsp3) is 0.875. The Hall–Kier alpha value is -0.730. The molecule has 0 aliphatic rings. The van der Waals surface area contributed by atoms with Gasteiger partial charge in [-0.3, -0.25) is 4.99 Å². The lowest BCUT2D eigenvalue weighted by molar-refractivity contribution is 0.426. The van der Waals surface area contributed by atoms with Crippen LogP contribution in [0.25, 0.3) is 0 Å². The van der Waals surface area contributed by atoms with Crippen LogP contribution in [0.1, 0.15) is 20.3 Å². The Morgan fingerprint density at radius 2 is 2.09 bits per heavy atom. The molecule has 0 spiro atoms. The Bertz CT molecular complexity index is 121. The van der Waals surface area contributed by atoms with E-state index >= 15 is 0 Å². The summed E-state index contributed by atoms with van der Waals surface area (Å²) < 4.78 is 0. The second-order valence-electron chi connectivity index (χ2n) is 2.38. The lowest BCUT2D eigenvalue weighted by atomic mass is 10.4. The van der Waals surface area contributed by atoms with E-state index in [1.165, 1.54) is 0 Å². The number of nitrogens with zero attached hydrogens (tertiary/aromatic N) is 2. The van der Waals surface area contributed by atoms with Crippen molar-refractivity contribution in [1.29, 1.82) is 0 Å². The van der Waals surface area contributed by atoms with Crippen LogP contribution in [-0.2, 0) is 0 Å². The normalized spacial score (nSPS) is 11.5. The summed E-state index contributed by atoms with van der Waals surface area (Å²) in [5.41, 5.74) is 0. The molecule has 0 atom stereocenters. The van der Waals surface area contributed by atoms with Crippen LogP contribution in [0.3, 0.4) is 0 Å². The quantitative estimate of drug-likeness (QED) is 0.487. The van der Waals surface area contributed by atoms with Gasteiger partial charge in [-0.15, -0.1) is 0 Å². The van der Waals surface area contributed by atoms with E-state index in [0.29, 0.717) is 0 Å². The number of rotatable bonds is 3. The largest absolute Gasteiger partial charge is 0.359 e. The molecule has 0 unspecified atom stereocenters. The van der Waals surface area contributed by atoms with Gasteiger partial charge in [0, 0.05) is 27.2 Å². The van der Waals surface area contributed by atoms with Gasteiger partial charge in [-0.2, -0.15) is 0 Å². The van der Waals surface area contributed by atoms with Gasteiger partial charge in [0.2, 0.25) is 0 Å². The first kappa shape index (κ1) is 10.3. The van der Waals surface area contributed by atoms with Crippen LogP contribution < -0.4 is 5.32 Å². The molecule has 66 valence electrons. The van der Waals surface area contributed by atoms with Crippen molar-refractivity contribution in [2.45, 2.75) is 20.3 Å². The number of guanidine groups is 1. The topological polar surface area (TPSA) is 27.6 Å². The van der Waals surface area contributed by atoms with Gasteiger partial charge in [-0.1, -0.05) is 6.92 Å². The third-order valence-electron chi connectivity index (χ3n) is 1.61. The SMILES string of the molecule is CCCN(CC)C(=NC)NC. The smallest absolute Gasteiger partial charge is 0.193 e. The first-order valence-corrected chi connectivity index (χ1v) is 4.19. The molecule has 11 heavy (non-hydrogen) atoms. The lowest BCUT2D eigenvalue weighted by Crippen LogP contribution is -2.39. The predicted molar refractivity (Wildman–Crippen MR) is 50.0 cm³/mol. The Kier molecular flexibility index (Phi) is 5.61. The summed E-state index contributed by atoms with van der Waals surface area (Å²) in [6.07, 6.45) is 1.16. The van der Waals surface area contributed by atoms with Gasteiger partial charge >= 0.3 is 0 Å².